The monoisotopic (exact) mass is 393 g/mol. The topological polar surface area (TPSA) is 96.3 Å². The Morgan fingerprint density at radius 3 is 1.93 bits per heavy atom. The summed E-state index contributed by atoms with van der Waals surface area (Å²) in [7, 11) is 3.21. The number of carboxylic acids is 1. The average molecular weight is 393 g/mol. The molecule has 8 heteroatoms. The molecule has 0 aliphatic rings. The van der Waals surface area contributed by atoms with E-state index in [-0.39, 0.29) is 27.8 Å². The molecule has 0 aliphatic carbocycles. The Hall–Kier alpha value is -0.652. The zero-order chi connectivity index (χ0) is 11.6. The molecule has 0 atom stereocenters. The first-order chi connectivity index (χ1) is 6.40. The molecule has 0 bridgehead atoms. The van der Waals surface area contributed by atoms with Crippen molar-refractivity contribution in [1.82, 2.24) is 4.90 Å². The van der Waals surface area contributed by atoms with Crippen LogP contribution in [-0.2, 0) is 35.3 Å². The van der Waals surface area contributed by atoms with Crippen LogP contribution in [0.1, 0.15) is 6.92 Å². The van der Waals surface area contributed by atoms with E-state index >= 15 is 0 Å². The van der Waals surface area contributed by atoms with E-state index in [1.807, 2.05) is 0 Å². The zero-order valence-corrected chi connectivity index (χ0v) is 11.7. The molecule has 2 N–H and O–H groups in total. The Labute approximate surface area is 102 Å². The summed E-state index contributed by atoms with van der Waals surface area (Å²) < 4.78 is 8.91. The molecule has 0 fully saturated rings. The number of rotatable bonds is 4. The Morgan fingerprint density at radius 2 is 1.67 bits per heavy atom. The normalized spacial score (nSPS) is 8.27. The number of carboxylic acid groups (broad SMARTS) is 2. The molecule has 0 heterocycles. The van der Waals surface area contributed by atoms with Gasteiger partial charge in [0.1, 0.15) is 13.5 Å². The van der Waals surface area contributed by atoms with Crippen molar-refractivity contribution in [2.24, 2.45) is 0 Å². The molecule has 0 spiro atoms. The minimum absolute atomic E-state index is 0. The van der Waals surface area contributed by atoms with Gasteiger partial charge in [-0.3, -0.25) is 9.69 Å². The molecule has 0 amide bonds. The molecule has 0 unspecified atom stereocenters. The molecule has 0 rings (SSSR count). The number of aliphatic carboxylic acids is 1. The fourth-order valence-electron chi connectivity index (χ4n) is 0.423. The number of hydrogen-bond acceptors (Lipinski definition) is 5. The molecule has 0 radical (unpaired) electrons. The van der Waals surface area contributed by atoms with Crippen molar-refractivity contribution in [1.29, 1.82) is 0 Å². The van der Waals surface area contributed by atoms with Crippen LogP contribution in [-0.4, -0.2) is 54.9 Å². The molecule has 90 valence electrons. The molecule has 0 saturated carbocycles. The second-order valence-electron chi connectivity index (χ2n) is 2.33. The van der Waals surface area contributed by atoms with Crippen LogP contribution < -0.4 is 0 Å². The quantitative estimate of drug-likeness (QED) is 0.523. The van der Waals surface area contributed by atoms with Gasteiger partial charge in [0.05, 0.1) is 0 Å². The number of ether oxygens (including phenoxy) is 2. The van der Waals surface area contributed by atoms with E-state index in [0.29, 0.717) is 6.73 Å². The van der Waals surface area contributed by atoms with Crippen molar-refractivity contribution in [2.75, 3.05) is 27.6 Å². The van der Waals surface area contributed by atoms with Crippen molar-refractivity contribution >= 4 is 12.1 Å². The molecule has 7 nitrogen and oxygen atoms in total. The van der Waals surface area contributed by atoms with Gasteiger partial charge in [0.15, 0.2) is 0 Å². The predicted molar refractivity (Wildman–Crippen MR) is 46.9 cm³/mol. The Morgan fingerprint density at radius 1 is 1.27 bits per heavy atom. The van der Waals surface area contributed by atoms with E-state index in [1.54, 1.807) is 11.9 Å². The van der Waals surface area contributed by atoms with Crippen LogP contribution in [0.2, 0.25) is 0 Å². The van der Waals surface area contributed by atoms with Gasteiger partial charge in [-0.15, -0.1) is 0 Å². The van der Waals surface area contributed by atoms with Gasteiger partial charge in [-0.2, -0.15) is 0 Å². The third-order valence-electron chi connectivity index (χ3n) is 0.758. The molecular weight excluding hydrogens is 378 g/mol. The Bertz CT molecular complexity index is 173. The van der Waals surface area contributed by atoms with E-state index in [9.17, 15) is 4.79 Å². The summed E-state index contributed by atoms with van der Waals surface area (Å²) in [5.41, 5.74) is 0. The van der Waals surface area contributed by atoms with Crippen LogP contribution in [0.15, 0.2) is 0 Å². The molecule has 15 heavy (non-hydrogen) atoms. The number of nitrogens with zero attached hydrogens (tertiary/aromatic N) is 1. The molecule has 0 aromatic heterocycles. The molecule has 0 aliphatic heterocycles. The second-order valence-corrected chi connectivity index (χ2v) is 2.33. The van der Waals surface area contributed by atoms with Crippen molar-refractivity contribution in [3.63, 3.8) is 0 Å². The van der Waals surface area contributed by atoms with Gasteiger partial charge in [-0.25, -0.2) is 4.79 Å². The molecular formula is C7H15NO6W. The van der Waals surface area contributed by atoms with E-state index < -0.39 is 12.1 Å². The molecule has 0 saturated heterocycles. The zero-order valence-electron chi connectivity index (χ0n) is 8.80. The van der Waals surface area contributed by atoms with Crippen LogP contribution >= 0.6 is 0 Å². The number of hydrogen-bond donors (Lipinski definition) is 2. The summed E-state index contributed by atoms with van der Waals surface area (Å²) in [6.45, 7) is 1.47. The SMILES string of the molecule is CC(=O)O.COCN(C)COC(=O)O.[W]. The standard InChI is InChI=1S/C5H11NO4.C2H4O2.W/c1-6(3-9-2)4-10-5(7)8;1-2(3)4;/h3-4H2,1-2H3,(H,7,8);1H3,(H,3,4);. The van der Waals surface area contributed by atoms with Crippen LogP contribution in [0.25, 0.3) is 0 Å². The maximum absolute atomic E-state index is 9.82. The predicted octanol–water partition coefficient (Wildman–Crippen LogP) is 0.263. The third-order valence-corrected chi connectivity index (χ3v) is 0.758. The van der Waals surface area contributed by atoms with Gasteiger partial charge < -0.3 is 19.7 Å². The fraction of sp³-hybridized carbons (Fsp3) is 0.714. The molecule has 0 aromatic carbocycles. The van der Waals surface area contributed by atoms with Crippen LogP contribution in [0.4, 0.5) is 4.79 Å². The Kier molecular flexibility index (Phi) is 17.7. The van der Waals surface area contributed by atoms with Gasteiger partial charge in [-0.1, -0.05) is 0 Å². The number of carbonyl (C=O) groups is 2. The van der Waals surface area contributed by atoms with Crippen molar-refractivity contribution < 1.29 is 50.3 Å². The van der Waals surface area contributed by atoms with Gasteiger partial charge in [0.2, 0.25) is 0 Å². The maximum atomic E-state index is 9.82. The maximum Gasteiger partial charge on any atom is 0.507 e. The first-order valence-electron chi connectivity index (χ1n) is 3.62. The fourth-order valence-corrected chi connectivity index (χ4v) is 0.423. The minimum atomic E-state index is -1.28. The first-order valence-corrected chi connectivity index (χ1v) is 3.62. The van der Waals surface area contributed by atoms with Crippen LogP contribution in [0, 0.1) is 0 Å². The van der Waals surface area contributed by atoms with Crippen molar-refractivity contribution in [3.8, 4) is 0 Å². The summed E-state index contributed by atoms with van der Waals surface area (Å²) in [6, 6.07) is 0. The summed E-state index contributed by atoms with van der Waals surface area (Å²) >= 11 is 0. The summed E-state index contributed by atoms with van der Waals surface area (Å²) in [5, 5.41) is 15.5. The Balaban J connectivity index is -0.000000249. The largest absolute Gasteiger partial charge is 0.507 e. The van der Waals surface area contributed by atoms with E-state index in [4.69, 9.17) is 15.0 Å². The van der Waals surface area contributed by atoms with E-state index in [1.165, 1.54) is 7.11 Å². The molecule has 0 aromatic rings. The van der Waals surface area contributed by atoms with Crippen LogP contribution in [0.3, 0.4) is 0 Å². The van der Waals surface area contributed by atoms with E-state index in [2.05, 4.69) is 9.47 Å². The summed E-state index contributed by atoms with van der Waals surface area (Å²) in [4.78, 5) is 20.4. The third kappa shape index (κ3) is 31.8. The van der Waals surface area contributed by atoms with Gasteiger partial charge in [-0.05, 0) is 7.05 Å². The minimum Gasteiger partial charge on any atom is -0.481 e. The average Bonchev–Trinajstić information content (AvgIpc) is 2.00. The summed E-state index contributed by atoms with van der Waals surface area (Å²) in [5.74, 6) is -0.833. The second kappa shape index (κ2) is 13.3. The van der Waals surface area contributed by atoms with Crippen molar-refractivity contribution in [3.05, 3.63) is 0 Å². The van der Waals surface area contributed by atoms with E-state index in [0.717, 1.165) is 6.92 Å². The summed E-state index contributed by atoms with van der Waals surface area (Å²) in [6.07, 6.45) is -1.28. The van der Waals surface area contributed by atoms with Gasteiger partial charge >= 0.3 is 6.16 Å². The van der Waals surface area contributed by atoms with Crippen molar-refractivity contribution in [2.45, 2.75) is 6.92 Å². The van der Waals surface area contributed by atoms with Gasteiger partial charge in [0, 0.05) is 35.1 Å². The van der Waals surface area contributed by atoms with Gasteiger partial charge in [0.25, 0.3) is 5.97 Å². The van der Waals surface area contributed by atoms with Crippen LogP contribution in [0.5, 0.6) is 0 Å². The number of methoxy groups -OCH3 is 1. The first kappa shape index (κ1) is 19.9. The smallest absolute Gasteiger partial charge is 0.481 e.